The second-order valence-electron chi connectivity index (χ2n) is 11.4. The average molecular weight is 447 g/mol. The fourth-order valence-electron chi connectivity index (χ4n) is 8.47. The van der Waals surface area contributed by atoms with Crippen molar-refractivity contribution in [3.63, 3.8) is 0 Å². The minimum atomic E-state index is -0.416. The van der Waals surface area contributed by atoms with Crippen LogP contribution in [0.15, 0.2) is 12.2 Å². The zero-order valence-electron chi connectivity index (χ0n) is 20.3. The van der Waals surface area contributed by atoms with Gasteiger partial charge in [-0.3, -0.25) is 14.4 Å². The molecule has 32 heavy (non-hydrogen) atoms. The largest absolute Gasteiger partial charge is 0.465 e. The van der Waals surface area contributed by atoms with Gasteiger partial charge in [0.25, 0.3) is 0 Å². The van der Waals surface area contributed by atoms with Gasteiger partial charge in [0.1, 0.15) is 12.2 Å². The van der Waals surface area contributed by atoms with Crippen molar-refractivity contribution in [3.05, 3.63) is 12.2 Å². The summed E-state index contributed by atoms with van der Waals surface area (Å²) < 4.78 is 17.6. The van der Waals surface area contributed by atoms with Crippen molar-refractivity contribution in [2.24, 2.45) is 39.9 Å². The summed E-state index contributed by atoms with van der Waals surface area (Å²) in [6.07, 6.45) is 8.91. The van der Waals surface area contributed by atoms with E-state index in [0.29, 0.717) is 12.5 Å². The van der Waals surface area contributed by atoms with Crippen molar-refractivity contribution < 1.29 is 28.6 Å². The molecule has 0 aromatic carbocycles. The van der Waals surface area contributed by atoms with Crippen molar-refractivity contribution in [3.8, 4) is 0 Å². The van der Waals surface area contributed by atoms with Gasteiger partial charge < -0.3 is 14.2 Å². The van der Waals surface area contributed by atoms with E-state index in [1.165, 1.54) is 20.8 Å². The number of hydrogen-bond donors (Lipinski definition) is 0. The minimum Gasteiger partial charge on any atom is -0.465 e. The van der Waals surface area contributed by atoms with E-state index in [1.54, 1.807) is 0 Å². The number of carbonyl (C=O) groups excluding carboxylic acids is 3. The van der Waals surface area contributed by atoms with E-state index >= 15 is 0 Å². The third-order valence-electron chi connectivity index (χ3n) is 9.47. The van der Waals surface area contributed by atoms with Crippen LogP contribution in [-0.2, 0) is 28.6 Å². The molecule has 3 fully saturated rings. The fraction of sp³-hybridized carbons (Fsp3) is 0.808. The summed E-state index contributed by atoms with van der Waals surface area (Å²) in [6, 6.07) is 0. The highest BCUT2D eigenvalue weighted by Gasteiger charge is 2.72. The van der Waals surface area contributed by atoms with Gasteiger partial charge in [0.2, 0.25) is 0 Å². The number of rotatable bonds is 4. The number of carbonyl (C=O) groups is 3. The number of allylic oxidation sites excluding steroid dienone is 1. The minimum absolute atomic E-state index is 0.0515. The first-order chi connectivity index (χ1) is 15.0. The van der Waals surface area contributed by atoms with Crippen LogP contribution < -0.4 is 0 Å². The predicted octanol–water partition coefficient (Wildman–Crippen LogP) is 4.46. The first kappa shape index (κ1) is 23.3. The molecule has 0 radical (unpaired) electrons. The van der Waals surface area contributed by atoms with E-state index in [2.05, 4.69) is 32.9 Å². The molecule has 0 amide bonds. The summed E-state index contributed by atoms with van der Waals surface area (Å²) in [5, 5.41) is 0. The van der Waals surface area contributed by atoms with Crippen LogP contribution in [0.5, 0.6) is 0 Å². The van der Waals surface area contributed by atoms with Gasteiger partial charge in [-0.25, -0.2) is 0 Å². The Morgan fingerprint density at radius 1 is 0.906 bits per heavy atom. The van der Waals surface area contributed by atoms with Crippen LogP contribution in [0.3, 0.4) is 0 Å². The quantitative estimate of drug-likeness (QED) is 0.360. The zero-order valence-corrected chi connectivity index (χ0v) is 20.3. The van der Waals surface area contributed by atoms with Crippen molar-refractivity contribution >= 4 is 17.9 Å². The molecule has 4 aliphatic carbocycles. The van der Waals surface area contributed by atoms with E-state index in [-0.39, 0.29) is 58.7 Å². The molecule has 3 saturated carbocycles. The fourth-order valence-corrected chi connectivity index (χ4v) is 8.47. The van der Waals surface area contributed by atoms with Gasteiger partial charge in [0.15, 0.2) is 0 Å². The van der Waals surface area contributed by atoms with Gasteiger partial charge in [0, 0.05) is 38.0 Å². The molecule has 0 aromatic heterocycles. The van der Waals surface area contributed by atoms with E-state index in [0.717, 1.165) is 32.1 Å². The van der Waals surface area contributed by atoms with Crippen LogP contribution >= 0.6 is 0 Å². The monoisotopic (exact) mass is 446 g/mol. The van der Waals surface area contributed by atoms with Crippen molar-refractivity contribution in [2.75, 3.05) is 6.61 Å². The highest BCUT2D eigenvalue weighted by Crippen LogP contribution is 2.71. The maximum absolute atomic E-state index is 12.1. The molecular weight excluding hydrogens is 408 g/mol. The topological polar surface area (TPSA) is 78.9 Å². The second-order valence-corrected chi connectivity index (χ2v) is 11.4. The molecule has 0 saturated heterocycles. The Morgan fingerprint density at radius 2 is 1.56 bits per heavy atom. The van der Waals surface area contributed by atoms with E-state index in [1.807, 2.05) is 0 Å². The zero-order chi connectivity index (χ0) is 23.5. The molecule has 0 aliphatic heterocycles. The maximum Gasteiger partial charge on any atom is 0.302 e. The summed E-state index contributed by atoms with van der Waals surface area (Å²) in [5.41, 5.74) is -0.572. The molecule has 9 atom stereocenters. The van der Waals surface area contributed by atoms with Crippen LogP contribution in [-0.4, -0.2) is 36.7 Å². The number of esters is 3. The van der Waals surface area contributed by atoms with Crippen LogP contribution in [0.4, 0.5) is 0 Å². The number of ether oxygens (including phenoxy) is 3. The first-order valence-corrected chi connectivity index (χ1v) is 12.1. The third-order valence-corrected chi connectivity index (χ3v) is 9.47. The lowest BCUT2D eigenvalue weighted by atomic mass is 9.41. The molecule has 4 rings (SSSR count). The number of fused-ring (bicyclic) bond motifs is 3. The van der Waals surface area contributed by atoms with Gasteiger partial charge in [-0.1, -0.05) is 39.3 Å². The highest BCUT2D eigenvalue weighted by molar-refractivity contribution is 5.67. The SMILES string of the molecule is CC(=O)OC[C@@]1(C)CCC[C@]2(C)[C@@H]1CC[C@@]13C(OC(C)=O)[C@@H](C=C[C@@H]21)[C@H](C)[C@H]3OC(C)=O. The summed E-state index contributed by atoms with van der Waals surface area (Å²) >= 11 is 0. The first-order valence-electron chi connectivity index (χ1n) is 12.1. The lowest BCUT2D eigenvalue weighted by Gasteiger charge is -2.64. The molecule has 2 bridgehead atoms. The summed E-state index contributed by atoms with van der Waals surface area (Å²) in [4.78, 5) is 35.9. The molecule has 4 aliphatic rings. The van der Waals surface area contributed by atoms with Gasteiger partial charge in [0.05, 0.1) is 12.0 Å². The smallest absolute Gasteiger partial charge is 0.302 e. The second kappa shape index (κ2) is 7.88. The Bertz CT molecular complexity index is 834. The van der Waals surface area contributed by atoms with Gasteiger partial charge in [-0.05, 0) is 42.9 Å². The maximum atomic E-state index is 12.1. The lowest BCUT2D eigenvalue weighted by Crippen LogP contribution is -2.63. The van der Waals surface area contributed by atoms with Crippen LogP contribution in [0.1, 0.15) is 73.6 Å². The Morgan fingerprint density at radius 3 is 2.19 bits per heavy atom. The predicted molar refractivity (Wildman–Crippen MR) is 118 cm³/mol. The van der Waals surface area contributed by atoms with E-state index < -0.39 is 5.41 Å². The van der Waals surface area contributed by atoms with Crippen LogP contribution in [0, 0.1) is 39.9 Å². The van der Waals surface area contributed by atoms with Crippen molar-refractivity contribution in [1.29, 1.82) is 0 Å². The van der Waals surface area contributed by atoms with E-state index in [9.17, 15) is 14.4 Å². The standard InChI is InChI=1S/C26H38O6/c1-15-19-8-9-21-25(6)12-7-11-24(5,14-30-16(2)27)20(25)10-13-26(21,22(15)31-17(3)28)23(19)32-18(4)29/h8-9,15,19-23H,7,10-14H2,1-6H3/t15-,19-,20+,21-,22+,23?,24+,25+,26+/m0/s1. The Hall–Kier alpha value is -1.85. The molecule has 1 unspecified atom stereocenters. The molecule has 6 nitrogen and oxygen atoms in total. The van der Waals surface area contributed by atoms with Crippen molar-refractivity contribution in [2.45, 2.75) is 85.9 Å². The van der Waals surface area contributed by atoms with Gasteiger partial charge in [-0.15, -0.1) is 0 Å². The normalized spacial score (nSPS) is 46.6. The molecule has 1 spiro atoms. The number of hydrogen-bond acceptors (Lipinski definition) is 6. The Balaban J connectivity index is 1.78. The van der Waals surface area contributed by atoms with Gasteiger partial charge in [-0.2, -0.15) is 0 Å². The molecule has 0 N–H and O–H groups in total. The van der Waals surface area contributed by atoms with Crippen LogP contribution in [0.2, 0.25) is 0 Å². The average Bonchev–Trinajstić information content (AvgIpc) is 2.80. The molecular formula is C26H38O6. The Labute approximate surface area is 191 Å². The third kappa shape index (κ3) is 3.31. The lowest BCUT2D eigenvalue weighted by molar-refractivity contribution is -0.209. The van der Waals surface area contributed by atoms with Crippen molar-refractivity contribution in [1.82, 2.24) is 0 Å². The van der Waals surface area contributed by atoms with E-state index in [4.69, 9.17) is 14.2 Å². The summed E-state index contributed by atoms with van der Waals surface area (Å²) in [6.45, 7) is 11.6. The molecule has 178 valence electrons. The van der Waals surface area contributed by atoms with Gasteiger partial charge >= 0.3 is 17.9 Å². The highest BCUT2D eigenvalue weighted by atomic mass is 16.6. The molecule has 0 heterocycles. The summed E-state index contributed by atoms with van der Waals surface area (Å²) in [7, 11) is 0. The molecule has 6 heteroatoms. The summed E-state index contributed by atoms with van der Waals surface area (Å²) in [5.74, 6) is -0.163. The Kier molecular flexibility index (Phi) is 5.74. The molecule has 0 aromatic rings. The van der Waals surface area contributed by atoms with Crippen LogP contribution in [0.25, 0.3) is 0 Å².